The molecule has 0 heterocycles. The Kier molecular flexibility index (Phi) is 9.52. The first-order valence-corrected chi connectivity index (χ1v) is 11.9. The van der Waals surface area contributed by atoms with E-state index in [1.54, 1.807) is 24.3 Å². The molecule has 2 rings (SSSR count). The Morgan fingerprint density at radius 1 is 0.500 bits per heavy atom. The van der Waals surface area contributed by atoms with Gasteiger partial charge in [-0.25, -0.2) is 0 Å². The summed E-state index contributed by atoms with van der Waals surface area (Å²) in [5, 5.41) is 0. The standard InChI is InChI=1S/C30H36N2O2/c1-21(2)31(22(3)4)27-17-13-25(15-19-29(27)33)11-9-10-12-26-14-18-28(30(34)20-16-26)32(23(5)6)24(7)8/h13-24H,1-8H3. The van der Waals surface area contributed by atoms with Crippen molar-refractivity contribution in [2.75, 3.05) is 9.80 Å². The van der Waals surface area contributed by atoms with Gasteiger partial charge in [0.15, 0.2) is 0 Å². The Morgan fingerprint density at radius 2 is 0.794 bits per heavy atom. The average Bonchev–Trinajstić information content (AvgIpc) is 3.02. The molecule has 0 radical (unpaired) electrons. The zero-order valence-corrected chi connectivity index (χ0v) is 21.6. The van der Waals surface area contributed by atoms with E-state index in [-0.39, 0.29) is 35.0 Å². The summed E-state index contributed by atoms with van der Waals surface area (Å²) in [6.45, 7) is 16.6. The average molecular weight is 457 g/mol. The molecule has 4 nitrogen and oxygen atoms in total. The van der Waals surface area contributed by atoms with E-state index in [0.29, 0.717) is 11.4 Å². The third kappa shape index (κ3) is 7.00. The fraction of sp³-hybridized carbons (Fsp3) is 0.400. The second-order valence-corrected chi connectivity index (χ2v) is 9.43. The van der Waals surface area contributed by atoms with Crippen LogP contribution >= 0.6 is 0 Å². The van der Waals surface area contributed by atoms with Gasteiger partial charge < -0.3 is 9.80 Å². The van der Waals surface area contributed by atoms with Gasteiger partial charge in [-0.05, 0) is 116 Å². The molecular weight excluding hydrogens is 420 g/mol. The molecule has 4 heteroatoms. The molecule has 0 atom stereocenters. The molecular formula is C30H36N2O2. The van der Waals surface area contributed by atoms with Crippen molar-refractivity contribution in [2.45, 2.75) is 79.6 Å². The molecule has 0 fully saturated rings. The molecule has 0 N–H and O–H groups in total. The smallest absolute Gasteiger partial charge is 0.201 e. The largest absolute Gasteiger partial charge is 0.364 e. The SMILES string of the molecule is CC(C)N(c1ccc(C#CC#Cc2ccc(N(C(C)C)C(C)C)c(=O)cc2)ccc1=O)C(C)C. The van der Waals surface area contributed by atoms with E-state index in [0.717, 1.165) is 11.1 Å². The van der Waals surface area contributed by atoms with Crippen molar-refractivity contribution >= 4 is 11.4 Å². The van der Waals surface area contributed by atoms with E-state index in [2.05, 4.69) is 88.9 Å². The highest BCUT2D eigenvalue weighted by molar-refractivity contribution is 5.52. The molecule has 2 aromatic carbocycles. The van der Waals surface area contributed by atoms with Crippen LogP contribution in [0.5, 0.6) is 0 Å². The molecule has 0 bridgehead atoms. The molecule has 0 amide bonds. The summed E-state index contributed by atoms with van der Waals surface area (Å²) in [6.07, 6.45) is 0. The highest BCUT2D eigenvalue weighted by atomic mass is 16.1. The van der Waals surface area contributed by atoms with Gasteiger partial charge in [-0.2, -0.15) is 0 Å². The normalized spacial score (nSPS) is 10.6. The molecule has 34 heavy (non-hydrogen) atoms. The zero-order chi connectivity index (χ0) is 25.4. The minimum absolute atomic E-state index is 0.0284. The van der Waals surface area contributed by atoms with Gasteiger partial charge in [0.05, 0.1) is 11.4 Å². The first-order chi connectivity index (χ1) is 16.0. The van der Waals surface area contributed by atoms with Crippen LogP contribution in [0.25, 0.3) is 0 Å². The van der Waals surface area contributed by atoms with Crippen molar-refractivity contribution in [3.05, 3.63) is 80.1 Å². The number of anilines is 2. The van der Waals surface area contributed by atoms with Crippen molar-refractivity contribution in [3.8, 4) is 23.7 Å². The van der Waals surface area contributed by atoms with E-state index in [4.69, 9.17) is 0 Å². The highest BCUT2D eigenvalue weighted by Gasteiger charge is 2.17. The van der Waals surface area contributed by atoms with Crippen LogP contribution in [0.1, 0.15) is 66.5 Å². The van der Waals surface area contributed by atoms with Crippen LogP contribution in [0, 0.1) is 23.7 Å². The zero-order valence-electron chi connectivity index (χ0n) is 21.6. The molecule has 0 aliphatic heterocycles. The third-order valence-corrected chi connectivity index (χ3v) is 5.43. The minimum atomic E-state index is -0.0284. The molecule has 0 aromatic heterocycles. The van der Waals surface area contributed by atoms with Crippen LogP contribution in [-0.4, -0.2) is 24.2 Å². The lowest BCUT2D eigenvalue weighted by Gasteiger charge is -2.31. The number of rotatable bonds is 6. The first-order valence-electron chi connectivity index (χ1n) is 11.9. The van der Waals surface area contributed by atoms with Crippen LogP contribution in [-0.2, 0) is 0 Å². The molecule has 0 saturated carbocycles. The minimum Gasteiger partial charge on any atom is -0.364 e. The first kappa shape index (κ1) is 26.7. The summed E-state index contributed by atoms with van der Waals surface area (Å²) in [4.78, 5) is 29.4. The van der Waals surface area contributed by atoms with Crippen LogP contribution in [0.2, 0.25) is 0 Å². The van der Waals surface area contributed by atoms with E-state index < -0.39 is 0 Å². The summed E-state index contributed by atoms with van der Waals surface area (Å²) in [5.41, 5.74) is 2.72. The fourth-order valence-electron chi connectivity index (χ4n) is 4.22. The van der Waals surface area contributed by atoms with Crippen molar-refractivity contribution in [1.82, 2.24) is 0 Å². The van der Waals surface area contributed by atoms with Crippen molar-refractivity contribution in [2.24, 2.45) is 0 Å². The maximum atomic E-state index is 12.6. The van der Waals surface area contributed by atoms with Gasteiger partial charge >= 0.3 is 0 Å². The third-order valence-electron chi connectivity index (χ3n) is 5.43. The molecule has 0 aliphatic carbocycles. The molecule has 0 saturated heterocycles. The maximum Gasteiger partial charge on any atom is 0.201 e. The lowest BCUT2D eigenvalue weighted by molar-refractivity contribution is 0.606. The Labute approximate surface area is 204 Å². The molecule has 2 aromatic rings. The molecule has 0 spiro atoms. The molecule has 178 valence electrons. The van der Waals surface area contributed by atoms with Gasteiger partial charge in [-0.15, -0.1) is 0 Å². The summed E-state index contributed by atoms with van der Waals surface area (Å²) in [5.74, 6) is 11.8. The molecule has 0 unspecified atom stereocenters. The van der Waals surface area contributed by atoms with E-state index >= 15 is 0 Å². The van der Waals surface area contributed by atoms with E-state index in [1.165, 1.54) is 0 Å². The van der Waals surface area contributed by atoms with E-state index in [1.807, 2.05) is 24.3 Å². The summed E-state index contributed by atoms with van der Waals surface area (Å²) < 4.78 is 0. The maximum absolute atomic E-state index is 12.6. The second kappa shape index (κ2) is 12.1. The monoisotopic (exact) mass is 456 g/mol. The lowest BCUT2D eigenvalue weighted by atomic mass is 10.2. The van der Waals surface area contributed by atoms with Crippen molar-refractivity contribution in [3.63, 3.8) is 0 Å². The number of hydrogen-bond donors (Lipinski definition) is 0. The van der Waals surface area contributed by atoms with Gasteiger partial charge in [-0.3, -0.25) is 9.59 Å². The summed E-state index contributed by atoms with van der Waals surface area (Å²) >= 11 is 0. The van der Waals surface area contributed by atoms with Crippen molar-refractivity contribution in [1.29, 1.82) is 0 Å². The van der Waals surface area contributed by atoms with Crippen LogP contribution in [0.4, 0.5) is 11.4 Å². The fourth-order valence-corrected chi connectivity index (χ4v) is 4.22. The van der Waals surface area contributed by atoms with Gasteiger partial charge in [0.25, 0.3) is 0 Å². The Hall–Kier alpha value is -3.50. The predicted molar refractivity (Wildman–Crippen MR) is 145 cm³/mol. The highest BCUT2D eigenvalue weighted by Crippen LogP contribution is 2.16. The number of nitrogens with zero attached hydrogens (tertiary/aromatic N) is 2. The van der Waals surface area contributed by atoms with Gasteiger partial charge in [0.1, 0.15) is 0 Å². The van der Waals surface area contributed by atoms with Gasteiger partial charge in [0, 0.05) is 35.3 Å². The summed E-state index contributed by atoms with van der Waals surface area (Å²) in [6, 6.07) is 14.8. The second-order valence-electron chi connectivity index (χ2n) is 9.43. The van der Waals surface area contributed by atoms with Crippen LogP contribution in [0.15, 0.2) is 58.1 Å². The quantitative estimate of drug-likeness (QED) is 0.570. The predicted octanol–water partition coefficient (Wildman–Crippen LogP) is 5.06. The van der Waals surface area contributed by atoms with Crippen molar-refractivity contribution < 1.29 is 0 Å². The van der Waals surface area contributed by atoms with Gasteiger partial charge in [-0.1, -0.05) is 11.8 Å². The Morgan fingerprint density at radius 3 is 1.09 bits per heavy atom. The summed E-state index contributed by atoms with van der Waals surface area (Å²) in [7, 11) is 0. The topological polar surface area (TPSA) is 40.6 Å². The van der Waals surface area contributed by atoms with Crippen LogP contribution < -0.4 is 20.7 Å². The van der Waals surface area contributed by atoms with Crippen LogP contribution in [0.3, 0.4) is 0 Å². The lowest BCUT2D eigenvalue weighted by Crippen LogP contribution is -2.39. The Bertz CT molecular complexity index is 1120. The molecule has 0 aliphatic rings. The Balaban J connectivity index is 2.33. The van der Waals surface area contributed by atoms with E-state index in [9.17, 15) is 9.59 Å². The number of hydrogen-bond acceptors (Lipinski definition) is 4. The van der Waals surface area contributed by atoms with Gasteiger partial charge in [0.2, 0.25) is 10.9 Å².